The van der Waals surface area contributed by atoms with Crippen molar-refractivity contribution < 1.29 is 22.6 Å². The van der Waals surface area contributed by atoms with Gasteiger partial charge in [0.15, 0.2) is 5.96 Å². The Kier molecular flexibility index (Phi) is 9.21. The molecule has 2 unspecified atom stereocenters. The average molecular weight is 529 g/mol. The van der Waals surface area contributed by atoms with Crippen LogP contribution >= 0.6 is 24.0 Å². The second kappa shape index (κ2) is 11.2. The number of nitrogens with one attached hydrogen (secondary N) is 2. The van der Waals surface area contributed by atoms with Gasteiger partial charge in [-0.15, -0.1) is 24.0 Å². The van der Waals surface area contributed by atoms with Crippen molar-refractivity contribution in [2.75, 3.05) is 51.8 Å². The van der Waals surface area contributed by atoms with E-state index in [-0.39, 0.29) is 48.5 Å². The van der Waals surface area contributed by atoms with Crippen LogP contribution in [-0.4, -0.2) is 74.5 Å². The highest BCUT2D eigenvalue weighted by molar-refractivity contribution is 14.0. The molecule has 2 atom stereocenters. The van der Waals surface area contributed by atoms with Crippen LogP contribution in [0.15, 0.2) is 23.3 Å². The number of ether oxygens (including phenoxy) is 2. The maximum absolute atomic E-state index is 13.0. The summed E-state index contributed by atoms with van der Waals surface area (Å²) in [5.41, 5.74) is -0.771. The lowest BCUT2D eigenvalue weighted by Crippen LogP contribution is -2.53. The molecule has 0 saturated carbocycles. The highest BCUT2D eigenvalue weighted by Gasteiger charge is 2.34. The zero-order valence-corrected chi connectivity index (χ0v) is 18.6. The Morgan fingerprint density at radius 3 is 2.76 bits per heavy atom. The van der Waals surface area contributed by atoms with Crippen molar-refractivity contribution in [1.82, 2.24) is 15.2 Å². The molecule has 1 aromatic rings. The summed E-state index contributed by atoms with van der Waals surface area (Å²) in [5, 5.41) is 5.93. The van der Waals surface area contributed by atoms with Gasteiger partial charge in [-0.1, -0.05) is 0 Å². The number of rotatable bonds is 5. The molecule has 7 nitrogen and oxygen atoms in total. The Hall–Kier alpha value is -1.34. The first-order chi connectivity index (χ1) is 13.5. The molecule has 2 saturated heterocycles. The van der Waals surface area contributed by atoms with Gasteiger partial charge in [0, 0.05) is 46.0 Å². The number of anilines is 1. The van der Waals surface area contributed by atoms with E-state index < -0.39 is 11.7 Å². The van der Waals surface area contributed by atoms with Gasteiger partial charge in [-0.2, -0.15) is 13.2 Å². The summed E-state index contributed by atoms with van der Waals surface area (Å²) in [6.07, 6.45) is -0.923. The van der Waals surface area contributed by atoms with Crippen molar-refractivity contribution in [3.63, 3.8) is 0 Å². The number of hydrogen-bond donors (Lipinski definition) is 2. The van der Waals surface area contributed by atoms with Gasteiger partial charge in [0.2, 0.25) is 0 Å². The largest absolute Gasteiger partial charge is 0.419 e. The summed E-state index contributed by atoms with van der Waals surface area (Å²) in [6, 6.07) is 2.29. The molecular weight excluding hydrogens is 502 g/mol. The van der Waals surface area contributed by atoms with Crippen LogP contribution in [0.4, 0.5) is 19.0 Å². The van der Waals surface area contributed by atoms with Gasteiger partial charge < -0.3 is 25.0 Å². The third kappa shape index (κ3) is 6.57. The number of nitrogens with zero attached hydrogens (tertiary/aromatic N) is 3. The van der Waals surface area contributed by atoms with E-state index in [1.165, 1.54) is 12.3 Å². The van der Waals surface area contributed by atoms with Crippen LogP contribution in [-0.2, 0) is 15.7 Å². The van der Waals surface area contributed by atoms with Crippen molar-refractivity contribution in [3.05, 3.63) is 23.9 Å². The Bertz CT molecular complexity index is 671. The number of guanidine groups is 1. The maximum atomic E-state index is 13.0. The molecule has 164 valence electrons. The number of alkyl halides is 3. The molecule has 2 aliphatic heterocycles. The zero-order valence-electron chi connectivity index (χ0n) is 16.2. The first kappa shape index (κ1) is 23.9. The Morgan fingerprint density at radius 2 is 2.07 bits per heavy atom. The molecule has 0 aromatic carbocycles. The fourth-order valence-electron chi connectivity index (χ4n) is 3.45. The lowest BCUT2D eigenvalue weighted by molar-refractivity contribution is -0.137. The number of pyridine rings is 1. The molecule has 3 heterocycles. The highest BCUT2D eigenvalue weighted by atomic mass is 127. The SMILES string of the molecule is CN=C(NCCNc1ncccc1C(F)(F)F)N1CCOC(C2CCCO2)C1.I. The number of morpholine rings is 1. The van der Waals surface area contributed by atoms with E-state index in [0.717, 1.165) is 25.5 Å². The van der Waals surface area contributed by atoms with Gasteiger partial charge >= 0.3 is 6.18 Å². The van der Waals surface area contributed by atoms with E-state index in [0.29, 0.717) is 32.2 Å². The van der Waals surface area contributed by atoms with Gasteiger partial charge in [-0.05, 0) is 25.0 Å². The second-order valence-corrected chi connectivity index (χ2v) is 6.70. The van der Waals surface area contributed by atoms with Gasteiger partial charge in [0.25, 0.3) is 0 Å². The number of aliphatic imine (C=N–C) groups is 1. The number of halogens is 4. The highest BCUT2D eigenvalue weighted by Crippen LogP contribution is 2.33. The quantitative estimate of drug-likeness (QED) is 0.265. The van der Waals surface area contributed by atoms with E-state index >= 15 is 0 Å². The van der Waals surface area contributed by atoms with Gasteiger partial charge in [-0.25, -0.2) is 4.98 Å². The summed E-state index contributed by atoms with van der Waals surface area (Å²) in [6.45, 7) is 3.43. The Balaban J connectivity index is 0.00000300. The molecule has 2 fully saturated rings. The minimum absolute atomic E-state index is 0. The molecule has 0 amide bonds. The van der Waals surface area contributed by atoms with E-state index in [4.69, 9.17) is 9.47 Å². The molecule has 0 bridgehead atoms. The minimum atomic E-state index is -4.44. The fraction of sp³-hybridized carbons (Fsp3) is 0.667. The monoisotopic (exact) mass is 529 g/mol. The third-order valence-corrected chi connectivity index (χ3v) is 4.80. The van der Waals surface area contributed by atoms with E-state index in [1.54, 1.807) is 7.05 Å². The number of aromatic nitrogens is 1. The minimum Gasteiger partial charge on any atom is -0.375 e. The molecule has 2 aliphatic rings. The normalized spacial score (nSPS) is 22.9. The molecule has 1 aromatic heterocycles. The summed E-state index contributed by atoms with van der Waals surface area (Å²) in [7, 11) is 1.69. The van der Waals surface area contributed by atoms with Crippen molar-refractivity contribution in [2.45, 2.75) is 31.2 Å². The Morgan fingerprint density at radius 1 is 1.28 bits per heavy atom. The Labute approximate surface area is 185 Å². The van der Waals surface area contributed by atoms with Crippen molar-refractivity contribution >= 4 is 35.8 Å². The van der Waals surface area contributed by atoms with E-state index in [1.807, 2.05) is 0 Å². The topological polar surface area (TPSA) is 71.0 Å². The van der Waals surface area contributed by atoms with Crippen LogP contribution in [0.3, 0.4) is 0 Å². The molecule has 0 aliphatic carbocycles. The molecule has 0 radical (unpaired) electrons. The van der Waals surface area contributed by atoms with Gasteiger partial charge in [0.1, 0.15) is 11.9 Å². The summed E-state index contributed by atoms with van der Waals surface area (Å²) >= 11 is 0. The van der Waals surface area contributed by atoms with E-state index in [9.17, 15) is 13.2 Å². The third-order valence-electron chi connectivity index (χ3n) is 4.80. The van der Waals surface area contributed by atoms with Crippen LogP contribution in [0.5, 0.6) is 0 Å². The average Bonchev–Trinajstić information content (AvgIpc) is 3.23. The van der Waals surface area contributed by atoms with Crippen LogP contribution < -0.4 is 10.6 Å². The standard InChI is InChI=1S/C18H26F3N5O2.HI/c1-22-17(26-9-11-28-15(12-26)14-5-3-10-27-14)25-8-7-24-16-13(18(19,20)21)4-2-6-23-16;/h2,4,6,14-15H,3,5,7-12H2,1H3,(H,22,25)(H,23,24);1H. The molecule has 29 heavy (non-hydrogen) atoms. The molecular formula is C18H27F3IN5O2. The second-order valence-electron chi connectivity index (χ2n) is 6.70. The van der Waals surface area contributed by atoms with Crippen LogP contribution in [0, 0.1) is 0 Å². The van der Waals surface area contributed by atoms with Crippen molar-refractivity contribution in [2.24, 2.45) is 4.99 Å². The van der Waals surface area contributed by atoms with Crippen LogP contribution in [0.25, 0.3) is 0 Å². The summed E-state index contributed by atoms with van der Waals surface area (Å²) in [4.78, 5) is 10.2. The molecule has 3 rings (SSSR count). The lowest BCUT2D eigenvalue weighted by Gasteiger charge is -2.37. The van der Waals surface area contributed by atoms with Crippen molar-refractivity contribution in [3.8, 4) is 0 Å². The lowest BCUT2D eigenvalue weighted by atomic mass is 10.1. The predicted molar refractivity (Wildman–Crippen MR) is 115 cm³/mol. The zero-order chi connectivity index (χ0) is 20.0. The molecule has 11 heteroatoms. The predicted octanol–water partition coefficient (Wildman–Crippen LogP) is 2.59. The summed E-state index contributed by atoms with van der Waals surface area (Å²) in [5.74, 6) is 0.529. The smallest absolute Gasteiger partial charge is 0.375 e. The maximum Gasteiger partial charge on any atom is 0.419 e. The first-order valence-electron chi connectivity index (χ1n) is 9.44. The van der Waals surface area contributed by atoms with Gasteiger partial charge in [0.05, 0.1) is 18.3 Å². The fourth-order valence-corrected chi connectivity index (χ4v) is 3.45. The van der Waals surface area contributed by atoms with Gasteiger partial charge in [-0.3, -0.25) is 4.99 Å². The number of hydrogen-bond acceptors (Lipinski definition) is 5. The van der Waals surface area contributed by atoms with E-state index in [2.05, 4.69) is 25.5 Å². The van der Waals surface area contributed by atoms with Crippen LogP contribution in [0.2, 0.25) is 0 Å². The van der Waals surface area contributed by atoms with Crippen molar-refractivity contribution in [1.29, 1.82) is 0 Å². The molecule has 0 spiro atoms. The molecule has 2 N–H and O–H groups in total. The summed E-state index contributed by atoms with van der Waals surface area (Å²) < 4.78 is 50.6. The van der Waals surface area contributed by atoms with Crippen LogP contribution in [0.1, 0.15) is 18.4 Å². The first-order valence-corrected chi connectivity index (χ1v) is 9.44.